The van der Waals surface area contributed by atoms with Crippen LogP contribution in [0.25, 0.3) is 0 Å². The summed E-state index contributed by atoms with van der Waals surface area (Å²) in [6, 6.07) is 0. The van der Waals surface area contributed by atoms with E-state index in [9.17, 15) is 5.11 Å². The Labute approximate surface area is 126 Å². The maximum absolute atomic E-state index is 9.62. The molecule has 6 heteroatoms. The second-order valence-electron chi connectivity index (χ2n) is 6.03. The van der Waals surface area contributed by atoms with Crippen LogP contribution in [0.5, 0.6) is 0 Å². The molecule has 2 atom stereocenters. The van der Waals surface area contributed by atoms with Crippen molar-refractivity contribution in [3.05, 3.63) is 17.7 Å². The minimum Gasteiger partial charge on any atom is -0.396 e. The van der Waals surface area contributed by atoms with Crippen molar-refractivity contribution in [3.63, 3.8) is 0 Å². The highest BCUT2D eigenvalue weighted by atomic mass is 16.3. The van der Waals surface area contributed by atoms with E-state index in [4.69, 9.17) is 5.11 Å². The number of likely N-dealkylation sites (N-methyl/N-ethyl adjacent to an activating group) is 1. The minimum atomic E-state index is 0.194. The van der Waals surface area contributed by atoms with E-state index in [1.807, 2.05) is 13.1 Å². The third-order valence-corrected chi connectivity index (χ3v) is 4.37. The van der Waals surface area contributed by atoms with Gasteiger partial charge in [0.15, 0.2) is 0 Å². The molecule has 6 nitrogen and oxygen atoms in total. The first kappa shape index (κ1) is 16.4. The predicted octanol–water partition coefficient (Wildman–Crippen LogP) is 0.0726. The summed E-state index contributed by atoms with van der Waals surface area (Å²) >= 11 is 0. The number of likely N-dealkylation sites (tertiary alicyclic amines) is 1. The van der Waals surface area contributed by atoms with Crippen molar-refractivity contribution in [1.82, 2.24) is 19.8 Å². The number of aliphatic hydroxyl groups excluding tert-OH is 2. The van der Waals surface area contributed by atoms with Crippen molar-refractivity contribution in [2.45, 2.75) is 20.4 Å². The summed E-state index contributed by atoms with van der Waals surface area (Å²) in [6.45, 7) is 9.84. The van der Waals surface area contributed by atoms with Gasteiger partial charge >= 0.3 is 0 Å². The summed E-state index contributed by atoms with van der Waals surface area (Å²) in [4.78, 5) is 12.2. The fraction of sp³-hybridized carbons (Fsp3) is 0.800. The molecule has 2 heterocycles. The Balaban J connectivity index is 1.90. The van der Waals surface area contributed by atoms with Crippen LogP contribution in [-0.2, 0) is 6.54 Å². The summed E-state index contributed by atoms with van der Waals surface area (Å²) in [5.74, 6) is 1.76. The number of hydrogen-bond acceptors (Lipinski definition) is 5. The molecule has 1 saturated heterocycles. The molecule has 1 aromatic rings. The molecule has 0 radical (unpaired) electrons. The summed E-state index contributed by atoms with van der Waals surface area (Å²) in [6.07, 6.45) is 1.85. The number of rotatable bonds is 8. The molecule has 0 unspecified atom stereocenters. The van der Waals surface area contributed by atoms with Gasteiger partial charge in [0.1, 0.15) is 5.82 Å². The van der Waals surface area contributed by atoms with Gasteiger partial charge in [-0.25, -0.2) is 4.98 Å². The summed E-state index contributed by atoms with van der Waals surface area (Å²) < 4.78 is 0. The van der Waals surface area contributed by atoms with Crippen molar-refractivity contribution >= 4 is 0 Å². The van der Waals surface area contributed by atoms with Gasteiger partial charge in [0, 0.05) is 44.7 Å². The standard InChI is InChI=1S/C15H28N4O2/c1-3-18(4-5-20)7-13-8-19(9-14(13)11-21)10-15-16-6-12(2)17-15/h6,13-14,20-21H,3-5,7-11H2,1-2H3,(H,16,17)/t13-,14-/m1/s1. The molecular weight excluding hydrogens is 268 g/mol. The third kappa shape index (κ3) is 4.51. The normalized spacial score (nSPS) is 23.3. The number of nitrogens with zero attached hydrogens (tertiary/aromatic N) is 3. The van der Waals surface area contributed by atoms with Gasteiger partial charge in [-0.1, -0.05) is 6.92 Å². The molecule has 21 heavy (non-hydrogen) atoms. The van der Waals surface area contributed by atoms with Crippen molar-refractivity contribution in [2.75, 3.05) is 45.9 Å². The molecule has 0 aliphatic carbocycles. The van der Waals surface area contributed by atoms with Crippen LogP contribution in [-0.4, -0.2) is 75.9 Å². The van der Waals surface area contributed by atoms with E-state index in [2.05, 4.69) is 26.7 Å². The Morgan fingerprint density at radius 3 is 2.71 bits per heavy atom. The predicted molar refractivity (Wildman–Crippen MR) is 81.9 cm³/mol. The van der Waals surface area contributed by atoms with E-state index in [1.165, 1.54) is 0 Å². The zero-order valence-corrected chi connectivity index (χ0v) is 13.1. The molecule has 2 rings (SSSR count). The number of aryl methyl sites for hydroxylation is 1. The molecule has 1 aromatic heterocycles. The number of hydrogen-bond donors (Lipinski definition) is 3. The Morgan fingerprint density at radius 1 is 1.38 bits per heavy atom. The maximum Gasteiger partial charge on any atom is 0.120 e. The van der Waals surface area contributed by atoms with Crippen molar-refractivity contribution in [2.24, 2.45) is 11.8 Å². The Kier molecular flexibility index (Phi) is 6.17. The van der Waals surface area contributed by atoms with Gasteiger partial charge in [-0.05, 0) is 25.3 Å². The second kappa shape index (κ2) is 7.89. The van der Waals surface area contributed by atoms with Crippen LogP contribution in [0, 0.1) is 18.8 Å². The highest BCUT2D eigenvalue weighted by Crippen LogP contribution is 2.25. The molecule has 0 spiro atoms. The maximum atomic E-state index is 9.62. The van der Waals surface area contributed by atoms with Crippen LogP contribution in [0.2, 0.25) is 0 Å². The molecule has 3 N–H and O–H groups in total. The van der Waals surface area contributed by atoms with Gasteiger partial charge in [0.05, 0.1) is 13.2 Å². The monoisotopic (exact) mass is 296 g/mol. The fourth-order valence-corrected chi connectivity index (χ4v) is 3.19. The van der Waals surface area contributed by atoms with Crippen LogP contribution in [0.4, 0.5) is 0 Å². The quantitative estimate of drug-likeness (QED) is 0.633. The third-order valence-electron chi connectivity index (χ3n) is 4.37. The Hall–Kier alpha value is -0.950. The van der Waals surface area contributed by atoms with E-state index >= 15 is 0 Å². The van der Waals surface area contributed by atoms with Crippen LogP contribution in [0.3, 0.4) is 0 Å². The average molecular weight is 296 g/mol. The van der Waals surface area contributed by atoms with E-state index in [0.717, 1.165) is 44.2 Å². The second-order valence-corrected chi connectivity index (χ2v) is 6.03. The summed E-state index contributed by atoms with van der Waals surface area (Å²) in [5.41, 5.74) is 1.08. The summed E-state index contributed by atoms with van der Waals surface area (Å²) in [5, 5.41) is 18.7. The molecule has 0 saturated carbocycles. The van der Waals surface area contributed by atoms with Crippen LogP contribution in [0.1, 0.15) is 18.4 Å². The molecule has 1 fully saturated rings. The van der Waals surface area contributed by atoms with Crippen LogP contribution >= 0.6 is 0 Å². The zero-order chi connectivity index (χ0) is 15.2. The lowest BCUT2D eigenvalue weighted by Gasteiger charge is -2.25. The average Bonchev–Trinajstić information content (AvgIpc) is 3.05. The lowest BCUT2D eigenvalue weighted by Crippen LogP contribution is -2.35. The van der Waals surface area contributed by atoms with Gasteiger partial charge < -0.3 is 20.1 Å². The first-order chi connectivity index (χ1) is 10.2. The van der Waals surface area contributed by atoms with Crippen LogP contribution in [0.15, 0.2) is 6.20 Å². The van der Waals surface area contributed by atoms with Crippen molar-refractivity contribution in [3.8, 4) is 0 Å². The highest BCUT2D eigenvalue weighted by Gasteiger charge is 2.33. The molecule has 1 aliphatic rings. The number of aromatic amines is 1. The van der Waals surface area contributed by atoms with Gasteiger partial charge in [0.25, 0.3) is 0 Å². The molecule has 120 valence electrons. The van der Waals surface area contributed by atoms with Gasteiger partial charge in [-0.15, -0.1) is 0 Å². The number of nitrogens with one attached hydrogen (secondary N) is 1. The number of imidazole rings is 1. The fourth-order valence-electron chi connectivity index (χ4n) is 3.19. The van der Waals surface area contributed by atoms with Gasteiger partial charge in [0.2, 0.25) is 0 Å². The van der Waals surface area contributed by atoms with E-state index < -0.39 is 0 Å². The number of H-pyrrole nitrogens is 1. The first-order valence-corrected chi connectivity index (χ1v) is 7.83. The van der Waals surface area contributed by atoms with Gasteiger partial charge in [-0.2, -0.15) is 0 Å². The molecular formula is C15H28N4O2. The Morgan fingerprint density at radius 2 is 2.14 bits per heavy atom. The largest absolute Gasteiger partial charge is 0.396 e. The molecule has 0 aromatic carbocycles. The Bertz CT molecular complexity index is 424. The number of aliphatic hydroxyl groups is 2. The number of aromatic nitrogens is 2. The first-order valence-electron chi connectivity index (χ1n) is 7.83. The zero-order valence-electron chi connectivity index (χ0n) is 13.1. The van der Waals surface area contributed by atoms with Crippen LogP contribution < -0.4 is 0 Å². The highest BCUT2D eigenvalue weighted by molar-refractivity contribution is 4.99. The lowest BCUT2D eigenvalue weighted by molar-refractivity contribution is 0.147. The van der Waals surface area contributed by atoms with E-state index in [-0.39, 0.29) is 13.2 Å². The smallest absolute Gasteiger partial charge is 0.120 e. The van der Waals surface area contributed by atoms with Crippen molar-refractivity contribution < 1.29 is 10.2 Å². The topological polar surface area (TPSA) is 75.6 Å². The van der Waals surface area contributed by atoms with Crippen molar-refractivity contribution in [1.29, 1.82) is 0 Å². The minimum absolute atomic E-state index is 0.194. The van der Waals surface area contributed by atoms with E-state index in [1.54, 1.807) is 0 Å². The SMILES string of the molecule is CCN(CCO)C[C@@H]1CN(Cc2ncc(C)[nH]2)C[C@@H]1CO. The summed E-state index contributed by atoms with van der Waals surface area (Å²) in [7, 11) is 0. The molecule has 0 bridgehead atoms. The van der Waals surface area contributed by atoms with E-state index in [0.29, 0.717) is 18.4 Å². The van der Waals surface area contributed by atoms with Gasteiger partial charge in [-0.3, -0.25) is 4.90 Å². The molecule has 1 aliphatic heterocycles. The molecule has 0 amide bonds. The lowest BCUT2D eigenvalue weighted by atomic mass is 9.96.